The van der Waals surface area contributed by atoms with Gasteiger partial charge >= 0.3 is 6.03 Å². The van der Waals surface area contributed by atoms with Gasteiger partial charge in [0, 0.05) is 25.0 Å². The average Bonchev–Trinajstić information content (AvgIpc) is 3.39. The molecule has 0 saturated carbocycles. The first kappa shape index (κ1) is 25.2. The maximum Gasteiger partial charge on any atom is 0.332 e. The van der Waals surface area contributed by atoms with Crippen molar-refractivity contribution in [1.82, 2.24) is 29.9 Å². The normalized spacial score (nSPS) is 15.9. The summed E-state index contributed by atoms with van der Waals surface area (Å²) >= 11 is 1.37. The number of likely N-dealkylation sites (N-methyl/N-ethyl adjacent to an activating group) is 1. The van der Waals surface area contributed by atoms with E-state index in [1.54, 1.807) is 11.0 Å². The van der Waals surface area contributed by atoms with Crippen LogP contribution in [-0.2, 0) is 11.3 Å². The van der Waals surface area contributed by atoms with Crippen molar-refractivity contribution in [3.8, 4) is 5.69 Å². The molecule has 186 valence electrons. The fourth-order valence-corrected chi connectivity index (χ4v) is 4.62. The van der Waals surface area contributed by atoms with Crippen LogP contribution in [-0.4, -0.2) is 55.9 Å². The van der Waals surface area contributed by atoms with Crippen molar-refractivity contribution in [3.05, 3.63) is 83.4 Å². The fourth-order valence-electron chi connectivity index (χ4n) is 3.67. The monoisotopic (exact) mass is 503 g/mol. The van der Waals surface area contributed by atoms with Gasteiger partial charge in [0.15, 0.2) is 0 Å². The minimum Gasteiger partial charge on any atom is -0.375 e. The fraction of sp³-hybridized carbons (Fsp3) is 0.269. The Morgan fingerprint density at radius 1 is 1.06 bits per heavy atom. The molecule has 0 unspecified atom stereocenters. The third-order valence-corrected chi connectivity index (χ3v) is 6.50. The van der Waals surface area contributed by atoms with Crippen LogP contribution in [0.1, 0.15) is 26.3 Å². The number of rotatable bonds is 7. The number of hydrogen-bond donors (Lipinski definition) is 2. The molecule has 2 N–H and O–H groups in total. The van der Waals surface area contributed by atoms with E-state index in [0.717, 1.165) is 21.0 Å². The molecule has 0 bridgehead atoms. The quantitative estimate of drug-likeness (QED) is 0.368. The van der Waals surface area contributed by atoms with Crippen molar-refractivity contribution in [1.29, 1.82) is 5.41 Å². The molecule has 2 aromatic carbocycles. The second-order valence-electron chi connectivity index (χ2n) is 9.62. The van der Waals surface area contributed by atoms with Crippen LogP contribution >= 0.6 is 11.8 Å². The number of imide groups is 1. The Morgan fingerprint density at radius 3 is 2.36 bits per heavy atom. The van der Waals surface area contributed by atoms with Gasteiger partial charge in [0.1, 0.15) is 24.1 Å². The summed E-state index contributed by atoms with van der Waals surface area (Å²) in [6.07, 6.45) is 3.11. The average molecular weight is 504 g/mol. The standard InChI is InChI=1S/C26H29N7O2S/c1-26(2,3)15-32-22(27)21(24(34)31(4)25(32)35)23(36-20-8-6-5-7-9-20)29-14-18-10-12-19(13-11-18)33-17-28-16-30-33/h5-13,16-17,27,29H,14-15H2,1-4H3/b23-21-,27-22?. The predicted molar refractivity (Wildman–Crippen MR) is 140 cm³/mol. The molecule has 3 amide bonds. The number of thioether (sulfide) groups is 1. The second-order valence-corrected chi connectivity index (χ2v) is 10.7. The number of nitrogens with zero attached hydrogens (tertiary/aromatic N) is 5. The largest absolute Gasteiger partial charge is 0.375 e. The van der Waals surface area contributed by atoms with Crippen molar-refractivity contribution in [2.75, 3.05) is 13.6 Å². The summed E-state index contributed by atoms with van der Waals surface area (Å²) in [5.74, 6) is -0.590. The third-order valence-electron chi connectivity index (χ3n) is 5.44. The molecule has 2 heterocycles. The van der Waals surface area contributed by atoms with E-state index in [-0.39, 0.29) is 16.8 Å². The number of urea groups is 1. The van der Waals surface area contributed by atoms with E-state index >= 15 is 0 Å². The summed E-state index contributed by atoms with van der Waals surface area (Å²) in [5, 5.41) is 16.9. The van der Waals surface area contributed by atoms with Crippen LogP contribution in [0.3, 0.4) is 0 Å². The highest BCUT2D eigenvalue weighted by Gasteiger charge is 2.41. The number of amides is 3. The first-order valence-corrected chi connectivity index (χ1v) is 12.3. The molecule has 1 saturated heterocycles. The van der Waals surface area contributed by atoms with E-state index in [2.05, 4.69) is 15.4 Å². The van der Waals surface area contributed by atoms with Gasteiger partial charge in [-0.15, -0.1) is 0 Å². The number of benzene rings is 2. The van der Waals surface area contributed by atoms with Gasteiger partial charge in [0.25, 0.3) is 5.91 Å². The van der Waals surface area contributed by atoms with E-state index in [4.69, 9.17) is 5.41 Å². The maximum absolute atomic E-state index is 13.3. The van der Waals surface area contributed by atoms with Gasteiger partial charge < -0.3 is 5.32 Å². The topological polar surface area (TPSA) is 107 Å². The molecule has 1 fully saturated rings. The SMILES string of the molecule is CN1C(=O)/C(=C(/NCc2ccc(-n3cncn3)cc2)Sc2ccccc2)C(=N)N(CC(C)(C)C)C1=O. The zero-order valence-electron chi connectivity index (χ0n) is 20.7. The van der Waals surface area contributed by atoms with Crippen molar-refractivity contribution >= 4 is 29.5 Å². The van der Waals surface area contributed by atoms with Crippen molar-refractivity contribution < 1.29 is 9.59 Å². The molecule has 4 rings (SSSR count). The molecule has 0 radical (unpaired) electrons. The number of carbonyl (C=O) groups is 2. The Bertz CT molecular complexity index is 1280. The van der Waals surface area contributed by atoms with Crippen LogP contribution in [0.4, 0.5) is 4.79 Å². The summed E-state index contributed by atoms with van der Waals surface area (Å²) in [5.41, 5.74) is 1.79. The molecule has 10 heteroatoms. The number of aromatic nitrogens is 3. The summed E-state index contributed by atoms with van der Waals surface area (Å²) in [6, 6.07) is 17.0. The van der Waals surface area contributed by atoms with E-state index in [0.29, 0.717) is 18.1 Å². The molecular formula is C26H29N7O2S. The zero-order chi connectivity index (χ0) is 25.9. The predicted octanol–water partition coefficient (Wildman–Crippen LogP) is 4.28. The van der Waals surface area contributed by atoms with Gasteiger partial charge in [-0.1, -0.05) is 62.9 Å². The summed E-state index contributed by atoms with van der Waals surface area (Å²) in [4.78, 5) is 33.5. The minimum absolute atomic E-state index is 0.0921. The van der Waals surface area contributed by atoms with Crippen LogP contribution < -0.4 is 5.32 Å². The molecule has 1 aliphatic heterocycles. The van der Waals surface area contributed by atoms with Gasteiger partial charge in [-0.3, -0.25) is 20.0 Å². The molecular weight excluding hydrogens is 474 g/mol. The highest BCUT2D eigenvalue weighted by molar-refractivity contribution is 8.03. The lowest BCUT2D eigenvalue weighted by Crippen LogP contribution is -2.57. The van der Waals surface area contributed by atoms with Gasteiger partial charge in [-0.2, -0.15) is 5.10 Å². The van der Waals surface area contributed by atoms with Crippen LogP contribution in [0, 0.1) is 10.8 Å². The van der Waals surface area contributed by atoms with Gasteiger partial charge in [-0.25, -0.2) is 14.5 Å². The maximum atomic E-state index is 13.3. The summed E-state index contributed by atoms with van der Waals surface area (Å²) in [6.45, 7) is 6.73. The van der Waals surface area contributed by atoms with Crippen LogP contribution in [0.5, 0.6) is 0 Å². The highest BCUT2D eigenvalue weighted by atomic mass is 32.2. The Balaban J connectivity index is 1.66. The summed E-state index contributed by atoms with van der Waals surface area (Å²) in [7, 11) is 1.46. The molecule has 1 aliphatic rings. The lowest BCUT2D eigenvalue weighted by atomic mass is 9.95. The van der Waals surface area contributed by atoms with E-state index in [1.165, 1.54) is 30.0 Å². The zero-order valence-corrected chi connectivity index (χ0v) is 21.5. The Kier molecular flexibility index (Phi) is 7.25. The molecule has 0 spiro atoms. The smallest absolute Gasteiger partial charge is 0.332 e. The number of nitrogens with one attached hydrogen (secondary N) is 2. The second kappa shape index (κ2) is 10.4. The van der Waals surface area contributed by atoms with Crippen LogP contribution in [0.2, 0.25) is 0 Å². The van der Waals surface area contributed by atoms with Crippen molar-refractivity contribution in [2.45, 2.75) is 32.2 Å². The molecule has 1 aromatic heterocycles. The van der Waals surface area contributed by atoms with E-state index in [9.17, 15) is 9.59 Å². The first-order chi connectivity index (χ1) is 17.1. The first-order valence-electron chi connectivity index (χ1n) is 11.5. The highest BCUT2D eigenvalue weighted by Crippen LogP contribution is 2.32. The minimum atomic E-state index is -0.498. The number of hydrogen-bond acceptors (Lipinski definition) is 7. The number of carbonyl (C=O) groups excluding carboxylic acids is 2. The lowest BCUT2D eigenvalue weighted by Gasteiger charge is -2.37. The van der Waals surface area contributed by atoms with E-state index in [1.807, 2.05) is 75.4 Å². The van der Waals surface area contributed by atoms with Gasteiger partial charge in [-0.05, 0) is 35.2 Å². The van der Waals surface area contributed by atoms with Crippen LogP contribution in [0.25, 0.3) is 5.69 Å². The molecule has 0 aliphatic carbocycles. The van der Waals surface area contributed by atoms with Crippen molar-refractivity contribution in [2.24, 2.45) is 5.41 Å². The number of amidine groups is 1. The third kappa shape index (κ3) is 5.65. The molecule has 36 heavy (non-hydrogen) atoms. The lowest BCUT2D eigenvalue weighted by molar-refractivity contribution is -0.123. The Morgan fingerprint density at radius 2 is 1.75 bits per heavy atom. The van der Waals surface area contributed by atoms with Crippen molar-refractivity contribution in [3.63, 3.8) is 0 Å². The van der Waals surface area contributed by atoms with Gasteiger partial charge in [0.05, 0.1) is 10.7 Å². The Labute approximate surface area is 214 Å². The van der Waals surface area contributed by atoms with E-state index < -0.39 is 11.9 Å². The van der Waals surface area contributed by atoms with Crippen LogP contribution in [0.15, 0.2) is 82.7 Å². The summed E-state index contributed by atoms with van der Waals surface area (Å²) < 4.78 is 1.68. The Hall–Kier alpha value is -3.92. The molecule has 3 aromatic rings. The molecule has 9 nitrogen and oxygen atoms in total. The van der Waals surface area contributed by atoms with Gasteiger partial charge in [0.2, 0.25) is 0 Å². The molecule has 0 atom stereocenters.